The average Bonchev–Trinajstić information content (AvgIpc) is 3.62. The molecular weight excluding hydrogens is 596 g/mol. The molecule has 3 saturated heterocycles. The van der Waals surface area contributed by atoms with Crippen LogP contribution in [-0.4, -0.2) is 105 Å². The number of amides is 5. The lowest BCUT2D eigenvalue weighted by Crippen LogP contribution is -2.76. The van der Waals surface area contributed by atoms with E-state index in [0.29, 0.717) is 19.4 Å². The quantitative estimate of drug-likeness (QED) is 0.408. The topological polar surface area (TPSA) is 117 Å². The molecule has 0 unspecified atom stereocenters. The highest BCUT2D eigenvalue weighted by Crippen LogP contribution is 2.30. The standard InChI is InChI=1S/C36H42N6O5/c1-2-17-40-25-33(44)41-31(21-26-13-15-30(43)16-14-26)35(46)39(23-28-11-8-12-29(20-28)34(45)38-18-6-7-19-38)24-32(41)42(40)36(47)37-22-27-9-4-3-5-10-27/h2-5,9-11,13-16,20,31-32,43H,1,6-8,12,17-19,21-25H2,(H,37,47)/t31-,32-/m0/s1. The van der Waals surface area contributed by atoms with Crippen LogP contribution in [0.1, 0.15) is 36.8 Å². The number of aromatic hydroxyl groups is 1. The molecule has 0 radical (unpaired) electrons. The Morgan fingerprint density at radius 3 is 2.47 bits per heavy atom. The third-order valence-electron chi connectivity index (χ3n) is 9.25. The molecule has 2 atom stereocenters. The highest BCUT2D eigenvalue weighted by atomic mass is 16.3. The smallest absolute Gasteiger partial charge is 0.334 e. The van der Waals surface area contributed by atoms with Gasteiger partial charge in [-0.25, -0.2) is 14.8 Å². The van der Waals surface area contributed by atoms with Crippen molar-refractivity contribution in [2.75, 3.05) is 39.3 Å². The molecule has 246 valence electrons. The summed E-state index contributed by atoms with van der Waals surface area (Å²) in [6.45, 7) is 6.22. The molecule has 5 amide bonds. The number of nitrogens with one attached hydrogen (secondary N) is 1. The fraction of sp³-hybridized carbons (Fsp3) is 0.389. The van der Waals surface area contributed by atoms with Crippen LogP contribution in [0.3, 0.4) is 0 Å². The number of fused-ring (bicyclic) bond motifs is 1. The maximum atomic E-state index is 14.3. The largest absolute Gasteiger partial charge is 0.508 e. The summed E-state index contributed by atoms with van der Waals surface area (Å²) in [6.07, 6.45) is 8.47. The normalized spacial score (nSPS) is 21.7. The molecule has 0 aromatic heterocycles. The molecule has 47 heavy (non-hydrogen) atoms. The average molecular weight is 639 g/mol. The summed E-state index contributed by atoms with van der Waals surface area (Å²) in [5, 5.41) is 16.1. The number of piperazine rings is 1. The number of allylic oxidation sites excluding steroid dienone is 1. The number of urea groups is 1. The van der Waals surface area contributed by atoms with Crippen LogP contribution in [0.15, 0.2) is 90.6 Å². The Kier molecular flexibility index (Phi) is 9.72. The Morgan fingerprint density at radius 2 is 1.74 bits per heavy atom. The van der Waals surface area contributed by atoms with Crippen molar-refractivity contribution in [1.29, 1.82) is 0 Å². The van der Waals surface area contributed by atoms with Gasteiger partial charge in [0, 0.05) is 44.7 Å². The van der Waals surface area contributed by atoms with Crippen molar-refractivity contribution in [3.05, 3.63) is 102 Å². The minimum atomic E-state index is -0.875. The highest BCUT2D eigenvalue weighted by Gasteiger charge is 2.51. The summed E-state index contributed by atoms with van der Waals surface area (Å²) in [4.78, 5) is 60.4. The molecule has 4 aliphatic rings. The molecule has 3 fully saturated rings. The van der Waals surface area contributed by atoms with E-state index in [2.05, 4.69) is 18.0 Å². The van der Waals surface area contributed by atoms with E-state index in [4.69, 9.17) is 0 Å². The van der Waals surface area contributed by atoms with Crippen LogP contribution in [-0.2, 0) is 27.3 Å². The van der Waals surface area contributed by atoms with Crippen molar-refractivity contribution >= 4 is 23.8 Å². The minimum Gasteiger partial charge on any atom is -0.508 e. The number of rotatable bonds is 9. The second-order valence-electron chi connectivity index (χ2n) is 12.5. The number of hydrogen-bond donors (Lipinski definition) is 2. The second-order valence-corrected chi connectivity index (χ2v) is 12.5. The highest BCUT2D eigenvalue weighted by molar-refractivity contribution is 5.95. The lowest BCUT2D eigenvalue weighted by atomic mass is 9.95. The number of phenols is 1. The summed E-state index contributed by atoms with van der Waals surface area (Å²) in [7, 11) is 0. The van der Waals surface area contributed by atoms with E-state index < -0.39 is 12.2 Å². The predicted octanol–water partition coefficient (Wildman–Crippen LogP) is 3.20. The molecular formula is C36H42N6O5. The molecule has 6 rings (SSSR count). The van der Waals surface area contributed by atoms with Crippen molar-refractivity contribution in [1.82, 2.24) is 30.0 Å². The van der Waals surface area contributed by atoms with Gasteiger partial charge in [0.05, 0.1) is 13.1 Å². The zero-order valence-electron chi connectivity index (χ0n) is 26.6. The lowest BCUT2D eigenvalue weighted by molar-refractivity contribution is -0.188. The second kappa shape index (κ2) is 14.3. The Hall–Kier alpha value is -4.90. The number of carbonyl (C=O) groups excluding carboxylic acids is 4. The molecule has 0 bridgehead atoms. The van der Waals surface area contributed by atoms with Gasteiger partial charge in [0.2, 0.25) is 17.7 Å². The first-order chi connectivity index (χ1) is 22.8. The Bertz CT molecular complexity index is 1570. The first kappa shape index (κ1) is 32.1. The minimum absolute atomic E-state index is 0.0636. The van der Waals surface area contributed by atoms with Gasteiger partial charge in [-0.3, -0.25) is 14.4 Å². The van der Waals surface area contributed by atoms with Crippen molar-refractivity contribution in [3.8, 4) is 5.75 Å². The summed E-state index contributed by atoms with van der Waals surface area (Å²) in [5.41, 5.74) is 3.33. The fourth-order valence-corrected chi connectivity index (χ4v) is 6.94. The van der Waals surface area contributed by atoms with Crippen molar-refractivity contribution in [2.24, 2.45) is 0 Å². The summed E-state index contributed by atoms with van der Waals surface area (Å²) < 4.78 is 0. The predicted molar refractivity (Wildman–Crippen MR) is 176 cm³/mol. The molecule has 11 heteroatoms. The van der Waals surface area contributed by atoms with E-state index in [1.165, 1.54) is 0 Å². The zero-order valence-corrected chi connectivity index (χ0v) is 26.6. The maximum absolute atomic E-state index is 14.3. The number of hydrazine groups is 1. The van der Waals surface area contributed by atoms with Crippen LogP contribution in [0.5, 0.6) is 5.75 Å². The monoisotopic (exact) mass is 638 g/mol. The first-order valence-corrected chi connectivity index (χ1v) is 16.4. The van der Waals surface area contributed by atoms with E-state index in [0.717, 1.165) is 48.2 Å². The number of carbonyl (C=O) groups is 4. The van der Waals surface area contributed by atoms with Gasteiger partial charge in [0.1, 0.15) is 18.0 Å². The Labute approximate surface area is 275 Å². The maximum Gasteiger partial charge on any atom is 0.334 e. The Morgan fingerprint density at radius 1 is 1.00 bits per heavy atom. The van der Waals surface area contributed by atoms with Gasteiger partial charge in [-0.05, 0) is 60.6 Å². The number of phenolic OH excluding ortho intramolecular Hbond substituents is 1. The molecule has 2 aromatic carbocycles. The molecule has 3 aliphatic heterocycles. The van der Waals surface area contributed by atoms with Crippen LogP contribution in [0.4, 0.5) is 4.79 Å². The molecule has 2 aromatic rings. The molecule has 11 nitrogen and oxygen atoms in total. The van der Waals surface area contributed by atoms with Crippen LogP contribution in [0.2, 0.25) is 0 Å². The molecule has 2 N–H and O–H groups in total. The van der Waals surface area contributed by atoms with Gasteiger partial charge in [-0.15, -0.1) is 6.58 Å². The molecule has 0 saturated carbocycles. The van der Waals surface area contributed by atoms with Gasteiger partial charge in [-0.1, -0.05) is 54.6 Å². The van der Waals surface area contributed by atoms with Gasteiger partial charge in [0.15, 0.2) is 0 Å². The number of benzene rings is 2. The Balaban J connectivity index is 1.30. The van der Waals surface area contributed by atoms with Crippen LogP contribution >= 0.6 is 0 Å². The SMILES string of the molecule is C=CCN1CC(=O)N2[C@@H](Cc3ccc(O)cc3)C(=O)N(CC3=CCCC(C(=O)N4CCCC4)=C3)C[C@@H]2N1C(=O)NCc1ccccc1. The third-order valence-corrected chi connectivity index (χ3v) is 9.25. The molecule has 3 heterocycles. The van der Waals surface area contributed by atoms with Crippen LogP contribution in [0, 0.1) is 0 Å². The van der Waals surface area contributed by atoms with Gasteiger partial charge < -0.3 is 25.1 Å². The number of hydrogen-bond acceptors (Lipinski definition) is 6. The van der Waals surface area contributed by atoms with Crippen molar-refractivity contribution < 1.29 is 24.3 Å². The van der Waals surface area contributed by atoms with Crippen LogP contribution in [0.25, 0.3) is 0 Å². The van der Waals surface area contributed by atoms with Crippen molar-refractivity contribution in [2.45, 2.75) is 50.9 Å². The van der Waals surface area contributed by atoms with Gasteiger partial charge in [-0.2, -0.15) is 0 Å². The summed E-state index contributed by atoms with van der Waals surface area (Å²) >= 11 is 0. The molecule has 1 aliphatic carbocycles. The van der Waals surface area contributed by atoms with E-state index in [1.807, 2.05) is 41.3 Å². The van der Waals surface area contributed by atoms with Gasteiger partial charge >= 0.3 is 6.03 Å². The van der Waals surface area contributed by atoms with E-state index in [-0.39, 0.29) is 62.1 Å². The summed E-state index contributed by atoms with van der Waals surface area (Å²) in [5.74, 6) is -0.310. The van der Waals surface area contributed by atoms with E-state index in [9.17, 15) is 24.3 Å². The lowest BCUT2D eigenvalue weighted by Gasteiger charge is -2.55. The molecule has 0 spiro atoms. The van der Waals surface area contributed by atoms with Crippen LogP contribution < -0.4 is 5.32 Å². The van der Waals surface area contributed by atoms with Gasteiger partial charge in [0.25, 0.3) is 0 Å². The summed E-state index contributed by atoms with van der Waals surface area (Å²) in [6, 6.07) is 14.9. The van der Waals surface area contributed by atoms with E-state index in [1.54, 1.807) is 50.2 Å². The zero-order chi connectivity index (χ0) is 32.9. The van der Waals surface area contributed by atoms with Crippen molar-refractivity contribution in [3.63, 3.8) is 0 Å². The fourth-order valence-electron chi connectivity index (χ4n) is 6.94. The van der Waals surface area contributed by atoms with E-state index >= 15 is 0 Å². The number of nitrogens with zero attached hydrogens (tertiary/aromatic N) is 5. The first-order valence-electron chi connectivity index (χ1n) is 16.4. The number of likely N-dealkylation sites (tertiary alicyclic amines) is 1. The third kappa shape index (κ3) is 7.10.